The maximum atomic E-state index is 13.3. The Balaban J connectivity index is 2.16. The zero-order valence-corrected chi connectivity index (χ0v) is 20.6. The van der Waals surface area contributed by atoms with Gasteiger partial charge in [0.05, 0.1) is 5.75 Å². The zero-order chi connectivity index (χ0) is 23.0. The van der Waals surface area contributed by atoms with E-state index < -0.39 is 6.04 Å². The fourth-order valence-corrected chi connectivity index (χ4v) is 4.42. The van der Waals surface area contributed by atoms with Gasteiger partial charge in [-0.3, -0.25) is 9.59 Å². The molecular weight excluding hydrogens is 428 g/mol. The molecule has 0 heterocycles. The summed E-state index contributed by atoms with van der Waals surface area (Å²) >= 11 is 7.60. The van der Waals surface area contributed by atoms with E-state index in [1.54, 1.807) is 4.90 Å². The van der Waals surface area contributed by atoms with Crippen molar-refractivity contribution < 1.29 is 9.59 Å². The van der Waals surface area contributed by atoms with E-state index in [-0.39, 0.29) is 17.4 Å². The SMILES string of the molecule is CC[C@@H](C(=O)NC(C)(C)C)N(Cc1cccc(C)c1)C(=O)CSCc1cccc(Cl)c1. The summed E-state index contributed by atoms with van der Waals surface area (Å²) in [7, 11) is 0. The van der Waals surface area contributed by atoms with Gasteiger partial charge in [0.15, 0.2) is 0 Å². The lowest BCUT2D eigenvalue weighted by Gasteiger charge is -2.33. The van der Waals surface area contributed by atoms with Crippen LogP contribution < -0.4 is 5.32 Å². The minimum absolute atomic E-state index is 0.0376. The Morgan fingerprint density at radius 1 is 1.10 bits per heavy atom. The molecule has 1 atom stereocenters. The van der Waals surface area contributed by atoms with Gasteiger partial charge in [0.1, 0.15) is 6.04 Å². The largest absolute Gasteiger partial charge is 0.350 e. The van der Waals surface area contributed by atoms with Gasteiger partial charge < -0.3 is 10.2 Å². The van der Waals surface area contributed by atoms with Crippen molar-refractivity contribution in [2.45, 2.75) is 64.9 Å². The highest BCUT2D eigenvalue weighted by molar-refractivity contribution is 7.99. The molecule has 2 amide bonds. The first-order valence-corrected chi connectivity index (χ1v) is 12.1. The van der Waals surface area contributed by atoms with Crippen molar-refractivity contribution in [2.75, 3.05) is 5.75 Å². The van der Waals surface area contributed by atoms with Crippen LogP contribution in [0.2, 0.25) is 5.02 Å². The third-order valence-electron chi connectivity index (χ3n) is 4.70. The highest BCUT2D eigenvalue weighted by Crippen LogP contribution is 2.20. The van der Waals surface area contributed by atoms with Crippen LogP contribution in [0.3, 0.4) is 0 Å². The van der Waals surface area contributed by atoms with Crippen LogP contribution in [0.25, 0.3) is 0 Å². The minimum Gasteiger partial charge on any atom is -0.350 e. The third-order valence-corrected chi connectivity index (χ3v) is 5.93. The molecule has 0 aliphatic rings. The van der Waals surface area contributed by atoms with Crippen molar-refractivity contribution >= 4 is 35.2 Å². The van der Waals surface area contributed by atoms with Crippen LogP contribution in [0, 0.1) is 6.92 Å². The Morgan fingerprint density at radius 2 is 1.77 bits per heavy atom. The molecule has 0 unspecified atom stereocenters. The van der Waals surface area contributed by atoms with Crippen LogP contribution in [-0.4, -0.2) is 34.0 Å². The molecule has 31 heavy (non-hydrogen) atoms. The van der Waals surface area contributed by atoms with Crippen molar-refractivity contribution in [2.24, 2.45) is 0 Å². The second-order valence-electron chi connectivity index (χ2n) is 8.80. The molecule has 6 heteroatoms. The van der Waals surface area contributed by atoms with Crippen molar-refractivity contribution in [3.63, 3.8) is 0 Å². The Bertz CT molecular complexity index is 895. The normalized spacial score (nSPS) is 12.3. The minimum atomic E-state index is -0.515. The van der Waals surface area contributed by atoms with Crippen LogP contribution in [0.15, 0.2) is 48.5 Å². The number of halogens is 1. The van der Waals surface area contributed by atoms with Crippen molar-refractivity contribution in [1.29, 1.82) is 0 Å². The Hall–Kier alpha value is -1.98. The quantitative estimate of drug-likeness (QED) is 0.529. The van der Waals surface area contributed by atoms with Gasteiger partial charge in [-0.1, -0.05) is 60.5 Å². The molecule has 0 spiro atoms. The van der Waals surface area contributed by atoms with Crippen LogP contribution >= 0.6 is 23.4 Å². The van der Waals surface area contributed by atoms with Gasteiger partial charge in [0, 0.05) is 22.9 Å². The average Bonchev–Trinajstić information content (AvgIpc) is 2.66. The Kier molecular flexibility index (Phi) is 9.45. The molecule has 0 bridgehead atoms. The number of nitrogens with one attached hydrogen (secondary N) is 1. The number of aryl methyl sites for hydroxylation is 1. The molecule has 0 saturated heterocycles. The lowest BCUT2D eigenvalue weighted by atomic mass is 10.1. The van der Waals surface area contributed by atoms with Gasteiger partial charge in [0.2, 0.25) is 11.8 Å². The van der Waals surface area contributed by atoms with Crippen molar-refractivity contribution in [3.05, 3.63) is 70.2 Å². The van der Waals surface area contributed by atoms with Gasteiger partial charge in [-0.25, -0.2) is 0 Å². The Morgan fingerprint density at radius 3 is 2.39 bits per heavy atom. The van der Waals surface area contributed by atoms with Gasteiger partial charge in [-0.2, -0.15) is 0 Å². The van der Waals surface area contributed by atoms with E-state index in [4.69, 9.17) is 11.6 Å². The number of nitrogens with zero attached hydrogens (tertiary/aromatic N) is 1. The molecular formula is C25H33ClN2O2S. The van der Waals surface area contributed by atoms with Crippen molar-refractivity contribution in [1.82, 2.24) is 10.2 Å². The predicted octanol–water partition coefficient (Wildman–Crippen LogP) is 5.60. The van der Waals surface area contributed by atoms with Gasteiger partial charge >= 0.3 is 0 Å². The number of hydrogen-bond donors (Lipinski definition) is 1. The van der Waals surface area contributed by atoms with Crippen molar-refractivity contribution in [3.8, 4) is 0 Å². The maximum absolute atomic E-state index is 13.3. The van der Waals surface area contributed by atoms with E-state index in [0.717, 1.165) is 16.7 Å². The summed E-state index contributed by atoms with van der Waals surface area (Å²) in [4.78, 5) is 28.0. The number of benzene rings is 2. The summed E-state index contributed by atoms with van der Waals surface area (Å²) in [5.41, 5.74) is 2.87. The number of hydrogen-bond acceptors (Lipinski definition) is 3. The van der Waals surface area contributed by atoms with Crippen LogP contribution in [0.1, 0.15) is 50.8 Å². The third kappa shape index (κ3) is 8.58. The molecule has 0 aliphatic heterocycles. The highest BCUT2D eigenvalue weighted by atomic mass is 35.5. The molecule has 0 aliphatic carbocycles. The van der Waals surface area contributed by atoms with Gasteiger partial charge in [-0.15, -0.1) is 11.8 Å². The monoisotopic (exact) mass is 460 g/mol. The number of amides is 2. The van der Waals surface area contributed by atoms with Crippen LogP contribution in [0.4, 0.5) is 0 Å². The standard InChI is InChI=1S/C25H33ClN2O2S/c1-6-22(24(30)27-25(3,4)5)28(15-19-10-7-9-18(2)13-19)23(29)17-31-16-20-11-8-12-21(26)14-20/h7-14,22H,6,15-17H2,1-5H3,(H,27,30)/t22-/m0/s1. The number of rotatable bonds is 9. The summed E-state index contributed by atoms with van der Waals surface area (Å²) < 4.78 is 0. The molecule has 0 aromatic heterocycles. The van der Waals surface area contributed by atoms with E-state index in [1.807, 2.05) is 77.1 Å². The second-order valence-corrected chi connectivity index (χ2v) is 10.2. The van der Waals surface area contributed by atoms with Crippen LogP contribution in [-0.2, 0) is 21.9 Å². The molecule has 2 rings (SSSR count). The van der Waals surface area contributed by atoms with Crippen LogP contribution in [0.5, 0.6) is 0 Å². The highest BCUT2D eigenvalue weighted by Gasteiger charge is 2.30. The molecule has 2 aromatic rings. The second kappa shape index (κ2) is 11.6. The molecule has 0 saturated carbocycles. The van der Waals surface area contributed by atoms with E-state index in [2.05, 4.69) is 11.4 Å². The van der Waals surface area contributed by atoms with E-state index >= 15 is 0 Å². The lowest BCUT2D eigenvalue weighted by molar-refractivity contribution is -0.140. The predicted molar refractivity (Wildman–Crippen MR) is 131 cm³/mol. The zero-order valence-electron chi connectivity index (χ0n) is 19.1. The lowest BCUT2D eigenvalue weighted by Crippen LogP contribution is -2.53. The Labute approximate surface area is 195 Å². The topological polar surface area (TPSA) is 49.4 Å². The number of carbonyl (C=O) groups is 2. The first-order chi connectivity index (χ1) is 14.6. The fraction of sp³-hybridized carbons (Fsp3) is 0.440. The summed E-state index contributed by atoms with van der Waals surface area (Å²) in [6.45, 7) is 10.2. The maximum Gasteiger partial charge on any atom is 0.243 e. The molecule has 4 nitrogen and oxygen atoms in total. The molecule has 2 aromatic carbocycles. The van der Waals surface area contributed by atoms with Gasteiger partial charge in [-0.05, 0) is 57.4 Å². The number of thioether (sulfide) groups is 1. The summed E-state index contributed by atoms with van der Waals surface area (Å²) in [5, 5.41) is 3.73. The summed E-state index contributed by atoms with van der Waals surface area (Å²) in [5.74, 6) is 0.841. The smallest absolute Gasteiger partial charge is 0.243 e. The first kappa shape index (κ1) is 25.3. The summed E-state index contributed by atoms with van der Waals surface area (Å²) in [6, 6.07) is 15.2. The van der Waals surface area contributed by atoms with E-state index in [9.17, 15) is 9.59 Å². The van der Waals surface area contributed by atoms with Gasteiger partial charge in [0.25, 0.3) is 0 Å². The molecule has 168 valence electrons. The molecule has 1 N–H and O–H groups in total. The van der Waals surface area contributed by atoms with E-state index in [0.29, 0.717) is 29.5 Å². The fourth-order valence-electron chi connectivity index (χ4n) is 3.35. The molecule has 0 radical (unpaired) electrons. The number of carbonyl (C=O) groups excluding carboxylic acids is 2. The van der Waals surface area contributed by atoms with E-state index in [1.165, 1.54) is 11.8 Å². The first-order valence-electron chi connectivity index (χ1n) is 10.6. The average molecular weight is 461 g/mol. The molecule has 0 fully saturated rings. The summed E-state index contributed by atoms with van der Waals surface area (Å²) in [6.07, 6.45) is 0.554.